The Morgan fingerprint density at radius 1 is 1.13 bits per heavy atom. The number of rotatable bonds is 7. The van der Waals surface area contributed by atoms with Gasteiger partial charge in [0.1, 0.15) is 5.75 Å². The number of carbonyl (C=O) groups excluding carboxylic acids is 1. The van der Waals surface area contributed by atoms with Crippen LogP contribution < -0.4 is 10.1 Å². The van der Waals surface area contributed by atoms with E-state index >= 15 is 0 Å². The molecular formula is C21H15BrClN3O4. The zero-order valence-electron chi connectivity index (χ0n) is 15.4. The predicted octanol–water partition coefficient (Wildman–Crippen LogP) is 5.78. The molecule has 0 saturated carbocycles. The fourth-order valence-corrected chi connectivity index (χ4v) is 3.03. The largest absolute Gasteiger partial charge is 0.483 e. The molecule has 0 aromatic heterocycles. The summed E-state index contributed by atoms with van der Waals surface area (Å²) in [6.07, 6.45) is 1.63. The van der Waals surface area contributed by atoms with Crippen molar-refractivity contribution in [3.63, 3.8) is 0 Å². The fraction of sp³-hybridized carbons (Fsp3) is 0.0476. The molecule has 30 heavy (non-hydrogen) atoms. The van der Waals surface area contributed by atoms with Gasteiger partial charge in [0.2, 0.25) is 0 Å². The van der Waals surface area contributed by atoms with Crippen molar-refractivity contribution in [2.75, 3.05) is 11.9 Å². The summed E-state index contributed by atoms with van der Waals surface area (Å²) in [6, 6.07) is 18.0. The Kier molecular flexibility index (Phi) is 7.16. The van der Waals surface area contributed by atoms with Crippen LogP contribution in [0.25, 0.3) is 0 Å². The van der Waals surface area contributed by atoms with E-state index < -0.39 is 4.92 Å². The van der Waals surface area contributed by atoms with Crippen LogP contribution in [0.1, 0.15) is 5.56 Å². The minimum absolute atomic E-state index is 0.0123. The summed E-state index contributed by atoms with van der Waals surface area (Å²) in [6.45, 7) is -0.155. The van der Waals surface area contributed by atoms with Gasteiger partial charge >= 0.3 is 0 Å². The maximum absolute atomic E-state index is 12.0. The van der Waals surface area contributed by atoms with Gasteiger partial charge < -0.3 is 10.1 Å². The molecule has 0 heterocycles. The summed E-state index contributed by atoms with van der Waals surface area (Å²) in [5.74, 6) is 0.210. The molecule has 0 radical (unpaired) electrons. The lowest BCUT2D eigenvalue weighted by Crippen LogP contribution is -2.20. The third-order valence-electron chi connectivity index (χ3n) is 3.87. The molecule has 0 spiro atoms. The van der Waals surface area contributed by atoms with Gasteiger partial charge in [0.25, 0.3) is 11.6 Å². The van der Waals surface area contributed by atoms with Gasteiger partial charge in [0, 0.05) is 29.1 Å². The molecule has 3 aromatic rings. The number of carbonyl (C=O) groups is 1. The lowest BCUT2D eigenvalue weighted by atomic mass is 10.2. The highest BCUT2D eigenvalue weighted by Crippen LogP contribution is 2.26. The van der Waals surface area contributed by atoms with Crippen LogP contribution in [0.2, 0.25) is 5.02 Å². The number of hydrogen-bond acceptors (Lipinski definition) is 5. The molecule has 0 unspecified atom stereocenters. The van der Waals surface area contributed by atoms with E-state index in [1.807, 2.05) is 0 Å². The third kappa shape index (κ3) is 6.13. The van der Waals surface area contributed by atoms with Gasteiger partial charge in [-0.25, -0.2) is 0 Å². The van der Waals surface area contributed by atoms with Crippen molar-refractivity contribution < 1.29 is 14.5 Å². The molecule has 0 saturated heterocycles. The van der Waals surface area contributed by atoms with Crippen LogP contribution in [-0.2, 0) is 4.79 Å². The first-order valence-corrected chi connectivity index (χ1v) is 9.84. The Bertz CT molecular complexity index is 1090. The van der Waals surface area contributed by atoms with E-state index in [0.717, 1.165) is 5.56 Å². The van der Waals surface area contributed by atoms with E-state index in [2.05, 4.69) is 26.2 Å². The van der Waals surface area contributed by atoms with Crippen molar-refractivity contribution in [1.29, 1.82) is 0 Å². The van der Waals surface area contributed by atoms with Gasteiger partial charge in [-0.3, -0.25) is 19.9 Å². The van der Waals surface area contributed by atoms with Gasteiger partial charge in [-0.1, -0.05) is 11.6 Å². The number of anilines is 1. The molecule has 3 rings (SSSR count). The summed E-state index contributed by atoms with van der Waals surface area (Å²) in [5.41, 5.74) is 2.03. The Labute approximate surface area is 185 Å². The highest BCUT2D eigenvalue weighted by molar-refractivity contribution is 9.10. The Hall–Kier alpha value is -3.23. The van der Waals surface area contributed by atoms with E-state index in [4.69, 9.17) is 16.3 Å². The number of ether oxygens (including phenoxy) is 1. The van der Waals surface area contributed by atoms with Gasteiger partial charge in [0.15, 0.2) is 6.61 Å². The first-order valence-electron chi connectivity index (χ1n) is 8.67. The van der Waals surface area contributed by atoms with Crippen molar-refractivity contribution in [1.82, 2.24) is 0 Å². The molecule has 0 aliphatic rings. The van der Waals surface area contributed by atoms with Gasteiger partial charge in [0.05, 0.1) is 15.1 Å². The van der Waals surface area contributed by atoms with E-state index in [1.54, 1.807) is 60.8 Å². The normalized spacial score (nSPS) is 10.7. The van der Waals surface area contributed by atoms with Crippen molar-refractivity contribution in [2.24, 2.45) is 4.99 Å². The highest BCUT2D eigenvalue weighted by Gasteiger charge is 2.07. The number of nitro groups is 1. The molecule has 0 bridgehead atoms. The minimum atomic E-state index is -0.459. The Morgan fingerprint density at radius 2 is 1.83 bits per heavy atom. The zero-order valence-corrected chi connectivity index (χ0v) is 17.8. The van der Waals surface area contributed by atoms with Crippen LogP contribution in [0, 0.1) is 10.1 Å². The molecule has 152 valence electrons. The second-order valence-electron chi connectivity index (χ2n) is 6.07. The number of nitrogens with one attached hydrogen (secondary N) is 1. The molecule has 9 heteroatoms. The zero-order chi connectivity index (χ0) is 21.5. The molecule has 1 N–H and O–H groups in total. The first-order chi connectivity index (χ1) is 14.4. The Morgan fingerprint density at radius 3 is 2.47 bits per heavy atom. The molecule has 7 nitrogen and oxygen atoms in total. The monoisotopic (exact) mass is 487 g/mol. The number of non-ortho nitro benzene ring substituents is 1. The van der Waals surface area contributed by atoms with Crippen molar-refractivity contribution in [3.8, 4) is 5.75 Å². The predicted molar refractivity (Wildman–Crippen MR) is 120 cm³/mol. The molecule has 3 aromatic carbocycles. The second-order valence-corrected chi connectivity index (χ2v) is 7.36. The molecule has 0 atom stereocenters. The van der Waals surface area contributed by atoms with Crippen molar-refractivity contribution in [2.45, 2.75) is 0 Å². The number of aliphatic imine (C=N–C) groups is 1. The maximum Gasteiger partial charge on any atom is 0.269 e. The summed E-state index contributed by atoms with van der Waals surface area (Å²) in [5, 5.41) is 14.0. The van der Waals surface area contributed by atoms with E-state index in [0.29, 0.717) is 26.6 Å². The van der Waals surface area contributed by atoms with Crippen LogP contribution in [0.3, 0.4) is 0 Å². The number of amides is 1. The highest BCUT2D eigenvalue weighted by atomic mass is 79.9. The molecule has 0 aliphatic carbocycles. The second kappa shape index (κ2) is 10.00. The standard InChI is InChI=1S/C21H15BrClN3O4/c22-19-11-14(12-24-16-6-8-18(9-7-16)26(28)29)1-10-20(19)30-13-21(27)25-17-4-2-15(23)3-5-17/h1-12H,13H2,(H,25,27). The summed E-state index contributed by atoms with van der Waals surface area (Å²) < 4.78 is 6.22. The third-order valence-corrected chi connectivity index (χ3v) is 4.74. The van der Waals surface area contributed by atoms with Gasteiger partial charge in [-0.05, 0) is 76.1 Å². The van der Waals surface area contributed by atoms with E-state index in [1.165, 1.54) is 12.1 Å². The van der Waals surface area contributed by atoms with Crippen molar-refractivity contribution >= 4 is 56.7 Å². The number of hydrogen-bond donors (Lipinski definition) is 1. The minimum Gasteiger partial charge on any atom is -0.483 e. The van der Waals surface area contributed by atoms with Crippen LogP contribution in [-0.4, -0.2) is 23.7 Å². The van der Waals surface area contributed by atoms with Crippen LogP contribution in [0.4, 0.5) is 17.1 Å². The SMILES string of the molecule is O=C(COc1ccc(C=Nc2ccc([N+](=O)[O-])cc2)cc1Br)Nc1ccc(Cl)cc1. The number of benzene rings is 3. The molecule has 1 amide bonds. The number of nitrogens with zero attached hydrogens (tertiary/aromatic N) is 2. The topological polar surface area (TPSA) is 93.8 Å². The van der Waals surface area contributed by atoms with Crippen LogP contribution in [0.15, 0.2) is 76.2 Å². The van der Waals surface area contributed by atoms with Crippen molar-refractivity contribution in [3.05, 3.63) is 91.9 Å². The Balaban J connectivity index is 1.57. The number of nitro benzene ring substituents is 1. The average molecular weight is 489 g/mol. The van der Waals surface area contributed by atoms with E-state index in [9.17, 15) is 14.9 Å². The van der Waals surface area contributed by atoms with E-state index in [-0.39, 0.29) is 18.2 Å². The maximum atomic E-state index is 12.0. The average Bonchev–Trinajstić information content (AvgIpc) is 2.73. The molecule has 0 aliphatic heterocycles. The first kappa shape index (κ1) is 21.5. The lowest BCUT2D eigenvalue weighted by molar-refractivity contribution is -0.384. The molecular weight excluding hydrogens is 474 g/mol. The fourth-order valence-electron chi connectivity index (χ4n) is 2.40. The summed E-state index contributed by atoms with van der Waals surface area (Å²) >= 11 is 9.23. The quantitative estimate of drug-likeness (QED) is 0.259. The van der Waals surface area contributed by atoms with Gasteiger partial charge in [-0.15, -0.1) is 0 Å². The number of halogens is 2. The summed E-state index contributed by atoms with van der Waals surface area (Å²) in [4.78, 5) is 26.5. The summed E-state index contributed by atoms with van der Waals surface area (Å²) in [7, 11) is 0. The smallest absolute Gasteiger partial charge is 0.269 e. The van der Waals surface area contributed by atoms with Gasteiger partial charge in [-0.2, -0.15) is 0 Å². The van der Waals surface area contributed by atoms with Crippen LogP contribution >= 0.6 is 27.5 Å². The van der Waals surface area contributed by atoms with Crippen LogP contribution in [0.5, 0.6) is 5.75 Å². The lowest BCUT2D eigenvalue weighted by Gasteiger charge is -2.09. The molecule has 0 fully saturated rings.